The largest absolute Gasteiger partial charge is 0.350 e. The van der Waals surface area contributed by atoms with Crippen molar-refractivity contribution >= 4 is 39.1 Å². The highest BCUT2D eigenvalue weighted by Crippen LogP contribution is 2.27. The van der Waals surface area contributed by atoms with Crippen molar-refractivity contribution in [1.82, 2.24) is 10.6 Å². The van der Waals surface area contributed by atoms with E-state index in [1.165, 1.54) is 11.3 Å². The number of carbonyl (C=O) groups is 2. The van der Waals surface area contributed by atoms with Gasteiger partial charge in [0.1, 0.15) is 6.04 Å². The summed E-state index contributed by atoms with van der Waals surface area (Å²) >= 11 is 4.74. The molecule has 0 radical (unpaired) electrons. The Labute approximate surface area is 126 Å². The zero-order chi connectivity index (χ0) is 14.8. The SMILES string of the molecule is Cc1cc(C(=O)NC(C)C(=O)NC(C)(C)C)sc1Br. The van der Waals surface area contributed by atoms with E-state index in [1.807, 2.05) is 27.7 Å². The summed E-state index contributed by atoms with van der Waals surface area (Å²) in [6, 6.07) is 1.24. The van der Waals surface area contributed by atoms with Crippen LogP contribution in [0.4, 0.5) is 0 Å². The molecule has 6 heteroatoms. The lowest BCUT2D eigenvalue weighted by Crippen LogP contribution is -2.50. The van der Waals surface area contributed by atoms with E-state index < -0.39 is 6.04 Å². The molecule has 0 fully saturated rings. The number of hydrogen-bond acceptors (Lipinski definition) is 3. The van der Waals surface area contributed by atoms with Gasteiger partial charge in [0, 0.05) is 5.54 Å². The van der Waals surface area contributed by atoms with Crippen molar-refractivity contribution in [2.75, 3.05) is 0 Å². The van der Waals surface area contributed by atoms with Crippen molar-refractivity contribution < 1.29 is 9.59 Å². The van der Waals surface area contributed by atoms with Gasteiger partial charge in [-0.15, -0.1) is 11.3 Å². The van der Waals surface area contributed by atoms with E-state index in [0.717, 1.165) is 9.35 Å². The van der Waals surface area contributed by atoms with Gasteiger partial charge < -0.3 is 10.6 Å². The molecule has 0 aromatic carbocycles. The molecule has 1 aromatic heterocycles. The third kappa shape index (κ3) is 4.95. The molecular weight excluding hydrogens is 328 g/mol. The quantitative estimate of drug-likeness (QED) is 0.883. The van der Waals surface area contributed by atoms with Crippen LogP contribution in [-0.4, -0.2) is 23.4 Å². The van der Waals surface area contributed by atoms with Crippen LogP contribution in [0, 0.1) is 6.92 Å². The molecule has 0 spiro atoms. The summed E-state index contributed by atoms with van der Waals surface area (Å²) in [6.07, 6.45) is 0. The number of amides is 2. The minimum Gasteiger partial charge on any atom is -0.350 e. The van der Waals surface area contributed by atoms with Gasteiger partial charge in [0.25, 0.3) is 5.91 Å². The van der Waals surface area contributed by atoms with Gasteiger partial charge >= 0.3 is 0 Å². The zero-order valence-corrected chi connectivity index (χ0v) is 14.2. The van der Waals surface area contributed by atoms with Gasteiger partial charge in [0.15, 0.2) is 0 Å². The molecule has 106 valence electrons. The summed E-state index contributed by atoms with van der Waals surface area (Å²) < 4.78 is 0.935. The Balaban J connectivity index is 2.64. The van der Waals surface area contributed by atoms with E-state index in [-0.39, 0.29) is 17.4 Å². The van der Waals surface area contributed by atoms with Gasteiger partial charge in [-0.25, -0.2) is 0 Å². The maximum atomic E-state index is 12.0. The Morgan fingerprint density at radius 1 is 1.37 bits per heavy atom. The first-order valence-electron chi connectivity index (χ1n) is 5.99. The number of rotatable bonds is 3. The number of hydrogen-bond donors (Lipinski definition) is 2. The fourth-order valence-corrected chi connectivity index (χ4v) is 2.82. The summed E-state index contributed by atoms with van der Waals surface area (Å²) in [4.78, 5) is 24.5. The average molecular weight is 347 g/mol. The third-order valence-electron chi connectivity index (χ3n) is 2.32. The maximum Gasteiger partial charge on any atom is 0.262 e. The molecular formula is C13H19BrN2O2S. The summed E-state index contributed by atoms with van der Waals surface area (Å²) in [6.45, 7) is 9.30. The summed E-state index contributed by atoms with van der Waals surface area (Å²) in [5.74, 6) is -0.413. The first-order valence-corrected chi connectivity index (χ1v) is 7.60. The van der Waals surface area contributed by atoms with E-state index >= 15 is 0 Å². The molecule has 0 bridgehead atoms. The van der Waals surface area contributed by atoms with E-state index in [4.69, 9.17) is 0 Å². The summed E-state index contributed by atoms with van der Waals surface area (Å²) in [5, 5.41) is 5.53. The second-order valence-corrected chi connectivity index (χ2v) is 7.87. The normalized spacial score (nSPS) is 12.9. The van der Waals surface area contributed by atoms with Crippen LogP contribution in [0.15, 0.2) is 9.85 Å². The number of carbonyl (C=O) groups excluding carboxylic acids is 2. The Hall–Kier alpha value is -0.880. The number of aryl methyl sites for hydroxylation is 1. The Bertz CT molecular complexity index is 472. The number of nitrogens with one attached hydrogen (secondary N) is 2. The molecule has 1 unspecified atom stereocenters. The lowest BCUT2D eigenvalue weighted by molar-refractivity contribution is -0.124. The first kappa shape index (κ1) is 16.2. The van der Waals surface area contributed by atoms with Gasteiger partial charge in [0.05, 0.1) is 8.66 Å². The van der Waals surface area contributed by atoms with Crippen molar-refractivity contribution in [2.24, 2.45) is 0 Å². The van der Waals surface area contributed by atoms with Crippen LogP contribution in [-0.2, 0) is 4.79 Å². The van der Waals surface area contributed by atoms with Gasteiger partial charge in [-0.05, 0) is 62.2 Å². The maximum absolute atomic E-state index is 12.0. The third-order valence-corrected chi connectivity index (χ3v) is 4.46. The van der Waals surface area contributed by atoms with Crippen molar-refractivity contribution in [3.63, 3.8) is 0 Å². The standard InChI is InChI=1S/C13H19BrN2O2S/c1-7-6-9(19-10(7)14)12(18)15-8(2)11(17)16-13(3,4)5/h6,8H,1-5H3,(H,15,18)(H,16,17). The molecule has 0 aliphatic rings. The van der Waals surface area contributed by atoms with Crippen LogP contribution in [0.2, 0.25) is 0 Å². The van der Waals surface area contributed by atoms with Crippen molar-refractivity contribution in [2.45, 2.75) is 46.2 Å². The molecule has 4 nitrogen and oxygen atoms in total. The van der Waals surface area contributed by atoms with Crippen LogP contribution < -0.4 is 10.6 Å². The van der Waals surface area contributed by atoms with Crippen LogP contribution in [0.5, 0.6) is 0 Å². The van der Waals surface area contributed by atoms with Crippen LogP contribution in [0.25, 0.3) is 0 Å². The minimum absolute atomic E-state index is 0.187. The van der Waals surface area contributed by atoms with Crippen LogP contribution in [0.1, 0.15) is 42.9 Å². The molecule has 0 aliphatic carbocycles. The molecule has 0 saturated heterocycles. The molecule has 2 amide bonds. The van der Waals surface area contributed by atoms with Crippen molar-refractivity contribution in [1.29, 1.82) is 0 Å². The highest BCUT2D eigenvalue weighted by atomic mass is 79.9. The fourth-order valence-electron chi connectivity index (χ4n) is 1.38. The van der Waals surface area contributed by atoms with Crippen LogP contribution in [0.3, 0.4) is 0 Å². The van der Waals surface area contributed by atoms with Gasteiger partial charge in [0.2, 0.25) is 5.91 Å². The molecule has 1 aromatic rings. The second-order valence-electron chi connectivity index (χ2n) is 5.50. The predicted molar refractivity (Wildman–Crippen MR) is 81.6 cm³/mol. The molecule has 1 rings (SSSR count). The lowest BCUT2D eigenvalue weighted by atomic mass is 10.1. The highest BCUT2D eigenvalue weighted by Gasteiger charge is 2.21. The van der Waals surface area contributed by atoms with Gasteiger partial charge in [-0.1, -0.05) is 0 Å². The van der Waals surface area contributed by atoms with E-state index in [1.54, 1.807) is 13.0 Å². The topological polar surface area (TPSA) is 58.2 Å². The van der Waals surface area contributed by atoms with Crippen LogP contribution >= 0.6 is 27.3 Å². The Kier molecular flexibility index (Phi) is 5.15. The predicted octanol–water partition coefficient (Wildman–Crippen LogP) is 2.85. The van der Waals surface area contributed by atoms with Gasteiger partial charge in [-0.3, -0.25) is 9.59 Å². The number of halogens is 1. The van der Waals surface area contributed by atoms with E-state index in [9.17, 15) is 9.59 Å². The Morgan fingerprint density at radius 3 is 2.37 bits per heavy atom. The Morgan fingerprint density at radius 2 is 1.95 bits per heavy atom. The lowest BCUT2D eigenvalue weighted by Gasteiger charge is -2.23. The first-order chi connectivity index (χ1) is 8.60. The molecule has 1 heterocycles. The molecule has 19 heavy (non-hydrogen) atoms. The van der Waals surface area contributed by atoms with E-state index in [0.29, 0.717) is 4.88 Å². The molecule has 1 atom stereocenters. The number of thiophene rings is 1. The molecule has 0 saturated carbocycles. The zero-order valence-electron chi connectivity index (χ0n) is 11.8. The molecule has 2 N–H and O–H groups in total. The second kappa shape index (κ2) is 6.05. The smallest absolute Gasteiger partial charge is 0.262 e. The van der Waals surface area contributed by atoms with E-state index in [2.05, 4.69) is 26.6 Å². The summed E-state index contributed by atoms with van der Waals surface area (Å²) in [7, 11) is 0. The van der Waals surface area contributed by atoms with Gasteiger partial charge in [-0.2, -0.15) is 0 Å². The highest BCUT2D eigenvalue weighted by molar-refractivity contribution is 9.11. The average Bonchev–Trinajstić information content (AvgIpc) is 2.56. The van der Waals surface area contributed by atoms with Crippen molar-refractivity contribution in [3.05, 3.63) is 20.3 Å². The molecule has 0 aliphatic heterocycles. The fraction of sp³-hybridized carbons (Fsp3) is 0.538. The minimum atomic E-state index is -0.562. The van der Waals surface area contributed by atoms with Crippen molar-refractivity contribution in [3.8, 4) is 0 Å². The summed E-state index contributed by atoms with van der Waals surface area (Å²) in [5.41, 5.74) is 0.709. The monoisotopic (exact) mass is 346 g/mol.